The van der Waals surface area contributed by atoms with E-state index >= 15 is 0 Å². The second-order valence-electron chi connectivity index (χ2n) is 7.19. The van der Waals surface area contributed by atoms with E-state index in [0.29, 0.717) is 12.0 Å². The molecule has 0 aromatic heterocycles. The molecule has 2 aromatic rings. The summed E-state index contributed by atoms with van der Waals surface area (Å²) in [5.41, 5.74) is 2.58. The Kier molecular flexibility index (Phi) is 5.24. The predicted molar refractivity (Wildman–Crippen MR) is 104 cm³/mol. The maximum Gasteiger partial charge on any atom is 0.0503 e. The second kappa shape index (κ2) is 7.07. The Labute approximate surface area is 155 Å². The Hall–Kier alpha value is -1.02. The Morgan fingerprint density at radius 2 is 1.75 bits per heavy atom. The van der Waals surface area contributed by atoms with Crippen LogP contribution in [0.5, 0.6) is 0 Å². The molecule has 0 unspecified atom stereocenters. The van der Waals surface area contributed by atoms with Crippen LogP contribution in [-0.2, 0) is 5.54 Å². The summed E-state index contributed by atoms with van der Waals surface area (Å²) in [7, 11) is 0. The van der Waals surface area contributed by atoms with Crippen molar-refractivity contribution in [2.75, 3.05) is 6.54 Å². The van der Waals surface area contributed by atoms with E-state index in [1.54, 1.807) is 0 Å². The first-order valence-electron chi connectivity index (χ1n) is 8.71. The third kappa shape index (κ3) is 3.22. The smallest absolute Gasteiger partial charge is 0.0503 e. The van der Waals surface area contributed by atoms with Crippen LogP contribution in [0.25, 0.3) is 0 Å². The van der Waals surface area contributed by atoms with Crippen molar-refractivity contribution in [3.8, 4) is 0 Å². The van der Waals surface area contributed by atoms with Gasteiger partial charge in [0, 0.05) is 22.0 Å². The van der Waals surface area contributed by atoms with Gasteiger partial charge in [0.1, 0.15) is 0 Å². The topological polar surface area (TPSA) is 3.24 Å². The molecule has 2 aromatic carbocycles. The van der Waals surface area contributed by atoms with Crippen LogP contribution in [0.4, 0.5) is 0 Å². The molecule has 1 fully saturated rings. The van der Waals surface area contributed by atoms with Crippen molar-refractivity contribution in [2.45, 2.75) is 51.1 Å². The lowest BCUT2D eigenvalue weighted by Crippen LogP contribution is -2.54. The lowest BCUT2D eigenvalue weighted by atomic mass is 9.69. The van der Waals surface area contributed by atoms with Crippen LogP contribution in [0.1, 0.15) is 50.7 Å². The molecule has 1 aliphatic rings. The minimum absolute atomic E-state index is 0.0678. The van der Waals surface area contributed by atoms with Gasteiger partial charge in [0.05, 0.1) is 5.54 Å². The van der Waals surface area contributed by atoms with Crippen molar-refractivity contribution < 1.29 is 0 Å². The number of hydrogen-bond donors (Lipinski definition) is 0. The molecule has 24 heavy (non-hydrogen) atoms. The largest absolute Gasteiger partial charge is 0.291 e. The van der Waals surface area contributed by atoms with E-state index in [1.165, 1.54) is 24.0 Å². The zero-order valence-corrected chi connectivity index (χ0v) is 16.1. The molecule has 0 radical (unpaired) electrons. The number of benzene rings is 2. The van der Waals surface area contributed by atoms with Gasteiger partial charge in [-0.1, -0.05) is 47.5 Å². The van der Waals surface area contributed by atoms with Crippen LogP contribution in [0.3, 0.4) is 0 Å². The molecular weight excluding hydrogens is 337 g/mol. The molecule has 0 saturated carbocycles. The van der Waals surface area contributed by atoms with Gasteiger partial charge >= 0.3 is 0 Å². The van der Waals surface area contributed by atoms with Gasteiger partial charge in [0.2, 0.25) is 0 Å². The van der Waals surface area contributed by atoms with E-state index in [-0.39, 0.29) is 5.54 Å². The molecule has 1 heterocycles. The first-order valence-corrected chi connectivity index (χ1v) is 9.46. The van der Waals surface area contributed by atoms with E-state index in [2.05, 4.69) is 56.0 Å². The lowest BCUT2D eigenvalue weighted by molar-refractivity contribution is 0.0101. The molecule has 1 saturated heterocycles. The van der Waals surface area contributed by atoms with Crippen molar-refractivity contribution in [1.29, 1.82) is 0 Å². The quantitative estimate of drug-likeness (QED) is 0.603. The number of hydrogen-bond acceptors (Lipinski definition) is 1. The van der Waals surface area contributed by atoms with E-state index in [9.17, 15) is 0 Å². The van der Waals surface area contributed by atoms with Crippen molar-refractivity contribution in [1.82, 2.24) is 4.90 Å². The number of nitrogens with zero attached hydrogens (tertiary/aromatic N) is 1. The minimum Gasteiger partial charge on any atom is -0.291 e. The molecule has 2 atom stereocenters. The normalized spacial score (nSPS) is 25.2. The van der Waals surface area contributed by atoms with Gasteiger partial charge in [-0.25, -0.2) is 0 Å². The van der Waals surface area contributed by atoms with Crippen LogP contribution >= 0.6 is 23.2 Å². The molecule has 3 rings (SSSR count). The Bertz CT molecular complexity index is 695. The van der Waals surface area contributed by atoms with E-state index in [0.717, 1.165) is 16.6 Å². The first kappa shape index (κ1) is 17.8. The maximum absolute atomic E-state index is 6.29. The monoisotopic (exact) mass is 361 g/mol. The van der Waals surface area contributed by atoms with E-state index < -0.39 is 0 Å². The van der Waals surface area contributed by atoms with Crippen LogP contribution in [0, 0.1) is 0 Å². The van der Waals surface area contributed by atoms with Crippen LogP contribution < -0.4 is 0 Å². The highest BCUT2D eigenvalue weighted by molar-refractivity contribution is 6.30. The van der Waals surface area contributed by atoms with Gasteiger partial charge in [-0.05, 0) is 75.5 Å². The Balaban J connectivity index is 2.13. The first-order chi connectivity index (χ1) is 11.4. The summed E-state index contributed by atoms with van der Waals surface area (Å²) in [4.78, 5) is 2.63. The van der Waals surface area contributed by atoms with Crippen molar-refractivity contribution in [3.05, 3.63) is 69.7 Å². The van der Waals surface area contributed by atoms with Gasteiger partial charge in [0.15, 0.2) is 0 Å². The molecule has 128 valence electrons. The molecule has 0 aliphatic carbocycles. The molecule has 0 N–H and O–H groups in total. The summed E-state index contributed by atoms with van der Waals surface area (Å²) in [6.45, 7) is 8.07. The number of halogens is 2. The molecule has 3 heteroatoms. The summed E-state index contributed by atoms with van der Waals surface area (Å²) in [5, 5.41) is 1.60. The molecule has 0 bridgehead atoms. The maximum atomic E-state index is 6.29. The molecule has 1 nitrogen and oxygen atoms in total. The Morgan fingerprint density at radius 3 is 2.38 bits per heavy atom. The van der Waals surface area contributed by atoms with Gasteiger partial charge in [-0.3, -0.25) is 4.90 Å². The van der Waals surface area contributed by atoms with Crippen molar-refractivity contribution in [3.63, 3.8) is 0 Å². The third-order valence-electron chi connectivity index (χ3n) is 5.47. The van der Waals surface area contributed by atoms with Crippen LogP contribution in [-0.4, -0.2) is 17.5 Å². The van der Waals surface area contributed by atoms with E-state index in [4.69, 9.17) is 23.2 Å². The lowest BCUT2D eigenvalue weighted by Gasteiger charge is -2.53. The molecule has 1 aliphatic heterocycles. The number of piperidine rings is 1. The van der Waals surface area contributed by atoms with Crippen molar-refractivity contribution in [2.24, 2.45) is 0 Å². The van der Waals surface area contributed by atoms with Crippen LogP contribution in [0.2, 0.25) is 10.0 Å². The van der Waals surface area contributed by atoms with Gasteiger partial charge in [-0.2, -0.15) is 0 Å². The second-order valence-corrected chi connectivity index (χ2v) is 8.06. The fourth-order valence-electron chi connectivity index (χ4n) is 4.34. The number of likely N-dealkylation sites (tertiary alicyclic amines) is 1. The molecule has 0 spiro atoms. The molecule has 0 amide bonds. The van der Waals surface area contributed by atoms with Gasteiger partial charge in [0.25, 0.3) is 0 Å². The summed E-state index contributed by atoms with van der Waals surface area (Å²) in [6, 6.07) is 17.2. The average molecular weight is 362 g/mol. The fraction of sp³-hybridized carbons (Fsp3) is 0.429. The highest BCUT2D eigenvalue weighted by atomic mass is 35.5. The van der Waals surface area contributed by atoms with E-state index in [1.807, 2.05) is 18.2 Å². The highest BCUT2D eigenvalue weighted by Crippen LogP contribution is 2.48. The van der Waals surface area contributed by atoms with Gasteiger partial charge < -0.3 is 0 Å². The number of rotatable bonds is 3. The third-order valence-corrected chi connectivity index (χ3v) is 5.96. The summed E-state index contributed by atoms with van der Waals surface area (Å²) in [6.07, 6.45) is 2.38. The zero-order valence-electron chi connectivity index (χ0n) is 14.6. The standard InChI is InChI=1S/C21H25Cl2N/c1-15(2)24-13-5-8-20(16-6-4-7-19(23)14-16)21(24,3)17-9-11-18(22)12-10-17/h4,6-7,9-12,14-15,20H,5,8,13H2,1-3H3/t20-,21-/m1/s1. The van der Waals surface area contributed by atoms with Gasteiger partial charge in [-0.15, -0.1) is 0 Å². The summed E-state index contributed by atoms with van der Waals surface area (Å²) in [5.74, 6) is 0.411. The highest BCUT2D eigenvalue weighted by Gasteiger charge is 2.45. The van der Waals surface area contributed by atoms with Crippen molar-refractivity contribution >= 4 is 23.2 Å². The average Bonchev–Trinajstić information content (AvgIpc) is 2.55. The fourth-order valence-corrected chi connectivity index (χ4v) is 4.67. The zero-order chi connectivity index (χ0) is 17.3. The van der Waals surface area contributed by atoms with Crippen LogP contribution in [0.15, 0.2) is 48.5 Å². The Morgan fingerprint density at radius 1 is 1.04 bits per heavy atom. The summed E-state index contributed by atoms with van der Waals surface area (Å²) < 4.78 is 0. The summed E-state index contributed by atoms with van der Waals surface area (Å²) >= 11 is 12.4. The SMILES string of the molecule is CC(C)N1CCC[C@H](c2cccc(Cl)c2)[C@@]1(C)c1ccc(Cl)cc1. The molecular formula is C21H25Cl2N. The predicted octanol–water partition coefficient (Wildman–Crippen LogP) is 6.50. The minimum atomic E-state index is -0.0678.